The van der Waals surface area contributed by atoms with E-state index in [0.717, 1.165) is 40.6 Å². The Balaban J connectivity index is 1.90. The van der Waals surface area contributed by atoms with Crippen molar-refractivity contribution in [2.45, 2.75) is 25.2 Å². The van der Waals surface area contributed by atoms with Crippen LogP contribution >= 0.6 is 0 Å². The van der Waals surface area contributed by atoms with E-state index in [1.54, 1.807) is 23.0 Å². The third-order valence-electron chi connectivity index (χ3n) is 4.53. The molecule has 0 N–H and O–H groups in total. The first-order valence-corrected chi connectivity index (χ1v) is 7.86. The first-order chi connectivity index (χ1) is 11.7. The van der Waals surface area contributed by atoms with Crippen LogP contribution in [-0.4, -0.2) is 15.6 Å². The quantitative estimate of drug-likeness (QED) is 0.643. The zero-order valence-electron chi connectivity index (χ0n) is 12.9. The lowest BCUT2D eigenvalue weighted by molar-refractivity contribution is -0.119. The van der Waals surface area contributed by atoms with Crippen molar-refractivity contribution in [2.24, 2.45) is 0 Å². The largest absolute Gasteiger partial charge is 0.298 e. The number of nitriles is 1. The maximum absolute atomic E-state index is 13.1. The van der Waals surface area contributed by atoms with Gasteiger partial charge in [0.05, 0.1) is 23.5 Å². The van der Waals surface area contributed by atoms with Crippen molar-refractivity contribution >= 4 is 16.7 Å². The number of rotatable bonds is 1. The monoisotopic (exact) mass is 319 g/mol. The summed E-state index contributed by atoms with van der Waals surface area (Å²) in [6.07, 6.45) is 3.67. The van der Waals surface area contributed by atoms with Gasteiger partial charge in [-0.3, -0.25) is 4.79 Å². The molecular formula is C19H14FN3O. The summed E-state index contributed by atoms with van der Waals surface area (Å²) in [6.45, 7) is 0. The van der Waals surface area contributed by atoms with Crippen LogP contribution in [0.1, 0.15) is 29.9 Å². The number of carbonyl (C=O) groups is 1. The minimum atomic E-state index is -0.693. The van der Waals surface area contributed by atoms with Gasteiger partial charge in [0.1, 0.15) is 11.7 Å². The van der Waals surface area contributed by atoms with Gasteiger partial charge in [0.15, 0.2) is 5.78 Å². The highest BCUT2D eigenvalue weighted by Crippen LogP contribution is 2.32. The smallest absolute Gasteiger partial charge is 0.154 e. The molecule has 4 nitrogen and oxygen atoms in total. The molecule has 0 amide bonds. The summed E-state index contributed by atoms with van der Waals surface area (Å²) in [7, 11) is 0. The van der Waals surface area contributed by atoms with E-state index < -0.39 is 5.92 Å². The van der Waals surface area contributed by atoms with Gasteiger partial charge in [-0.15, -0.1) is 0 Å². The number of Topliss-reactive ketones (excluding diaryl/α,β-unsaturated/α-hetero) is 1. The first-order valence-electron chi connectivity index (χ1n) is 7.86. The van der Waals surface area contributed by atoms with E-state index in [-0.39, 0.29) is 11.6 Å². The fourth-order valence-corrected chi connectivity index (χ4v) is 3.32. The van der Waals surface area contributed by atoms with Crippen molar-refractivity contribution in [2.75, 3.05) is 0 Å². The Labute approximate surface area is 138 Å². The molecule has 0 saturated heterocycles. The van der Waals surface area contributed by atoms with Gasteiger partial charge in [-0.25, -0.2) is 9.07 Å². The first kappa shape index (κ1) is 14.6. The summed E-state index contributed by atoms with van der Waals surface area (Å²) >= 11 is 0. The van der Waals surface area contributed by atoms with E-state index in [1.807, 2.05) is 12.1 Å². The number of aryl methyl sites for hydroxylation is 1. The molecule has 1 heterocycles. The molecule has 1 aliphatic carbocycles. The molecule has 1 aromatic heterocycles. The number of hydrogen-bond donors (Lipinski definition) is 0. The molecule has 0 bridgehead atoms. The molecule has 5 heteroatoms. The Morgan fingerprint density at radius 1 is 1.21 bits per heavy atom. The number of carbonyl (C=O) groups excluding carboxylic acids is 1. The van der Waals surface area contributed by atoms with Gasteiger partial charge in [-0.2, -0.15) is 10.4 Å². The van der Waals surface area contributed by atoms with E-state index in [9.17, 15) is 14.4 Å². The van der Waals surface area contributed by atoms with Crippen LogP contribution in [0.4, 0.5) is 4.39 Å². The minimum absolute atomic E-state index is 0.0125. The summed E-state index contributed by atoms with van der Waals surface area (Å²) in [6, 6.07) is 12.2. The number of nitrogens with zero attached hydrogens (tertiary/aromatic N) is 3. The molecule has 3 aromatic rings. The minimum Gasteiger partial charge on any atom is -0.298 e. The number of halogens is 1. The zero-order chi connectivity index (χ0) is 16.7. The van der Waals surface area contributed by atoms with Crippen LogP contribution < -0.4 is 0 Å². The fraction of sp³-hybridized carbons (Fsp3) is 0.211. The van der Waals surface area contributed by atoms with Gasteiger partial charge in [0.25, 0.3) is 0 Å². The van der Waals surface area contributed by atoms with Crippen LogP contribution in [0.25, 0.3) is 16.6 Å². The Morgan fingerprint density at radius 3 is 2.75 bits per heavy atom. The molecule has 0 radical (unpaired) electrons. The molecule has 0 aliphatic heterocycles. The molecule has 2 aromatic carbocycles. The second-order valence-electron chi connectivity index (χ2n) is 6.02. The van der Waals surface area contributed by atoms with E-state index in [2.05, 4.69) is 11.2 Å². The van der Waals surface area contributed by atoms with Crippen molar-refractivity contribution in [3.05, 3.63) is 59.5 Å². The van der Waals surface area contributed by atoms with Crippen LogP contribution in [0.5, 0.6) is 0 Å². The molecular weight excluding hydrogens is 305 g/mol. The number of aromatic nitrogens is 2. The van der Waals surface area contributed by atoms with Gasteiger partial charge < -0.3 is 0 Å². The number of hydrogen-bond acceptors (Lipinski definition) is 3. The van der Waals surface area contributed by atoms with Crippen molar-refractivity contribution in [3.8, 4) is 11.8 Å². The highest BCUT2D eigenvalue weighted by molar-refractivity contribution is 5.92. The van der Waals surface area contributed by atoms with Crippen LogP contribution in [-0.2, 0) is 11.2 Å². The molecule has 118 valence electrons. The summed E-state index contributed by atoms with van der Waals surface area (Å²) in [5.41, 5.74) is 3.48. The lowest BCUT2D eigenvalue weighted by Gasteiger charge is -2.11. The number of benzene rings is 2. The van der Waals surface area contributed by atoms with Gasteiger partial charge in [-0.1, -0.05) is 0 Å². The van der Waals surface area contributed by atoms with Crippen molar-refractivity contribution in [3.63, 3.8) is 0 Å². The van der Waals surface area contributed by atoms with Gasteiger partial charge in [0, 0.05) is 11.8 Å². The second kappa shape index (κ2) is 5.57. The molecule has 1 unspecified atom stereocenters. The van der Waals surface area contributed by atoms with Crippen molar-refractivity contribution < 1.29 is 9.18 Å². The number of ketones is 1. The highest BCUT2D eigenvalue weighted by Gasteiger charge is 2.26. The van der Waals surface area contributed by atoms with Crippen LogP contribution in [0.3, 0.4) is 0 Å². The summed E-state index contributed by atoms with van der Waals surface area (Å²) in [5.74, 6) is -0.998. The highest BCUT2D eigenvalue weighted by atomic mass is 19.1. The Bertz CT molecular complexity index is 982. The van der Waals surface area contributed by atoms with Crippen LogP contribution in [0.2, 0.25) is 0 Å². The third-order valence-corrected chi connectivity index (χ3v) is 4.53. The van der Waals surface area contributed by atoms with E-state index in [1.165, 1.54) is 12.1 Å². The number of fused-ring (bicyclic) bond motifs is 2. The predicted molar refractivity (Wildman–Crippen MR) is 87.3 cm³/mol. The van der Waals surface area contributed by atoms with Crippen molar-refractivity contribution in [1.29, 1.82) is 5.26 Å². The Hall–Kier alpha value is -3.00. The molecule has 0 saturated carbocycles. The lowest BCUT2D eigenvalue weighted by Crippen LogP contribution is -2.09. The Kier molecular flexibility index (Phi) is 3.39. The van der Waals surface area contributed by atoms with Crippen molar-refractivity contribution in [1.82, 2.24) is 9.78 Å². The third kappa shape index (κ3) is 2.28. The maximum Gasteiger partial charge on any atom is 0.154 e. The molecule has 0 fully saturated rings. The topological polar surface area (TPSA) is 58.7 Å². The van der Waals surface area contributed by atoms with Gasteiger partial charge >= 0.3 is 0 Å². The molecule has 4 rings (SSSR count). The lowest BCUT2D eigenvalue weighted by atomic mass is 9.92. The standard InChI is InChI=1S/C19H14FN3O/c20-14-4-6-15(7-5-14)23-18-9-12-2-1-3-19(24)17(10-21)16(12)8-13(18)11-22-23/h4-9,11,17H,1-3H2. The normalized spacial score (nSPS) is 17.3. The second-order valence-corrected chi connectivity index (χ2v) is 6.02. The van der Waals surface area contributed by atoms with E-state index in [0.29, 0.717) is 6.42 Å². The average Bonchev–Trinajstić information content (AvgIpc) is 2.91. The maximum atomic E-state index is 13.1. The summed E-state index contributed by atoms with van der Waals surface area (Å²) < 4.78 is 14.9. The zero-order valence-corrected chi connectivity index (χ0v) is 12.9. The van der Waals surface area contributed by atoms with E-state index in [4.69, 9.17) is 0 Å². The van der Waals surface area contributed by atoms with E-state index >= 15 is 0 Å². The summed E-state index contributed by atoms with van der Waals surface area (Å²) in [5, 5.41) is 14.6. The Morgan fingerprint density at radius 2 is 2.00 bits per heavy atom. The molecule has 1 atom stereocenters. The molecule has 24 heavy (non-hydrogen) atoms. The SMILES string of the molecule is N#CC1C(=O)CCCc2cc3c(cnn3-c3ccc(F)cc3)cc21. The molecule has 1 aliphatic rings. The van der Waals surface area contributed by atoms with Gasteiger partial charge in [-0.05, 0) is 60.4 Å². The predicted octanol–water partition coefficient (Wildman–Crippen LogP) is 3.68. The van der Waals surface area contributed by atoms with Crippen LogP contribution in [0, 0.1) is 17.1 Å². The fourth-order valence-electron chi connectivity index (χ4n) is 3.32. The molecule has 0 spiro atoms. The average molecular weight is 319 g/mol. The van der Waals surface area contributed by atoms with Gasteiger partial charge in [0.2, 0.25) is 0 Å². The van der Waals surface area contributed by atoms with Crippen LogP contribution in [0.15, 0.2) is 42.6 Å². The summed E-state index contributed by atoms with van der Waals surface area (Å²) in [4.78, 5) is 12.1.